The first kappa shape index (κ1) is 28.2. The Balaban J connectivity index is 1.94. The van der Waals surface area contributed by atoms with Crippen molar-refractivity contribution in [2.75, 3.05) is 14.2 Å². The van der Waals surface area contributed by atoms with Crippen molar-refractivity contribution in [3.8, 4) is 0 Å². The average molecular weight is 574 g/mol. The Kier molecular flexibility index (Phi) is 9.03. The summed E-state index contributed by atoms with van der Waals surface area (Å²) < 4.78 is 32.9. The Labute approximate surface area is 213 Å². The van der Waals surface area contributed by atoms with Gasteiger partial charge in [0.05, 0.1) is 0 Å². The van der Waals surface area contributed by atoms with Crippen molar-refractivity contribution >= 4 is 41.1 Å². The summed E-state index contributed by atoms with van der Waals surface area (Å²) in [6.07, 6.45) is 3.47. The molecule has 0 unspecified atom stereocenters. The second-order valence-corrected chi connectivity index (χ2v) is 22.9. The van der Waals surface area contributed by atoms with E-state index in [2.05, 4.69) is 64.7 Å². The summed E-state index contributed by atoms with van der Waals surface area (Å²) in [5, 5.41) is -1.19. The zero-order valence-electron chi connectivity index (χ0n) is 22.1. The fraction of sp³-hybridized carbons (Fsp3) is 0.731. The van der Waals surface area contributed by atoms with E-state index < -0.39 is 20.8 Å². The van der Waals surface area contributed by atoms with Crippen molar-refractivity contribution in [2.45, 2.75) is 81.8 Å². The van der Waals surface area contributed by atoms with Crippen LogP contribution in [0, 0.1) is 23.7 Å². The Morgan fingerprint density at radius 2 is 1.74 bits per heavy atom. The predicted molar refractivity (Wildman–Crippen MR) is 143 cm³/mol. The van der Waals surface area contributed by atoms with Gasteiger partial charge in [0.1, 0.15) is 0 Å². The Bertz CT molecular complexity index is 881. The van der Waals surface area contributed by atoms with Gasteiger partial charge in [-0.15, -0.1) is 0 Å². The molecule has 6 atom stereocenters. The summed E-state index contributed by atoms with van der Waals surface area (Å²) in [4.78, 5) is 14.0. The zero-order chi connectivity index (χ0) is 25.3. The van der Waals surface area contributed by atoms with Gasteiger partial charge in [-0.3, -0.25) is 0 Å². The Hall–Kier alpha value is -0.424. The number of hydrogen-bond donors (Lipinski definition) is 0. The second kappa shape index (κ2) is 10.9. The zero-order valence-corrected chi connectivity index (χ0v) is 25.7. The molecule has 1 aromatic rings. The first-order valence-electron chi connectivity index (χ1n) is 12.5. The van der Waals surface area contributed by atoms with Crippen LogP contribution in [0.1, 0.15) is 46.5 Å². The van der Waals surface area contributed by atoms with Crippen LogP contribution in [0.5, 0.6) is 0 Å². The number of carbonyl (C=O) groups excluding carboxylic acids is 1. The van der Waals surface area contributed by atoms with Gasteiger partial charge < -0.3 is 0 Å². The minimum atomic E-state index is -3.68. The van der Waals surface area contributed by atoms with Gasteiger partial charge in [0.2, 0.25) is 0 Å². The summed E-state index contributed by atoms with van der Waals surface area (Å²) in [6, 6.07) is 10.5. The van der Waals surface area contributed by atoms with Gasteiger partial charge in [-0.1, -0.05) is 0 Å². The molecule has 0 bridgehead atoms. The van der Waals surface area contributed by atoms with Crippen LogP contribution >= 0.6 is 7.60 Å². The van der Waals surface area contributed by atoms with Gasteiger partial charge >= 0.3 is 214 Å². The van der Waals surface area contributed by atoms with Crippen molar-refractivity contribution in [2.24, 2.45) is 23.7 Å². The Morgan fingerprint density at radius 3 is 2.26 bits per heavy atom. The fourth-order valence-corrected chi connectivity index (χ4v) is 15.3. The summed E-state index contributed by atoms with van der Waals surface area (Å²) in [7, 11) is -2.59. The van der Waals surface area contributed by atoms with Crippen LogP contribution in [-0.4, -0.2) is 54.5 Å². The van der Waals surface area contributed by atoms with Crippen LogP contribution in [0.4, 0.5) is 0 Å². The molecule has 0 spiro atoms. The van der Waals surface area contributed by atoms with Gasteiger partial charge in [0, 0.05) is 0 Å². The molecule has 0 N–H and O–H groups in total. The minimum absolute atomic E-state index is 0.0453. The van der Waals surface area contributed by atoms with Gasteiger partial charge in [-0.05, 0) is 0 Å². The van der Waals surface area contributed by atoms with Crippen LogP contribution in [0.15, 0.2) is 30.3 Å². The van der Waals surface area contributed by atoms with E-state index in [-0.39, 0.29) is 32.9 Å². The van der Waals surface area contributed by atoms with Crippen LogP contribution in [0.3, 0.4) is 0 Å². The SMILES string of the molecule is COP(=O)(OC)[C@@]1(C(=O)O[C@@H]2C[C@H](C)CC[C@H]2C(C)C)C[C@@H]1[C@H]([Se]c1ccccc1)[Si](C)(C)C. The molecule has 0 saturated heterocycles. The average Bonchev–Trinajstić information content (AvgIpc) is 3.53. The number of carbonyl (C=O) groups is 1. The molecule has 3 rings (SSSR count). The molecule has 2 aliphatic carbocycles. The molecule has 34 heavy (non-hydrogen) atoms. The van der Waals surface area contributed by atoms with Crippen molar-refractivity contribution in [1.82, 2.24) is 0 Å². The molecular weight excluding hydrogens is 530 g/mol. The summed E-state index contributed by atoms with van der Waals surface area (Å²) >= 11 is 0.157. The molecule has 0 radical (unpaired) electrons. The fourth-order valence-electron chi connectivity index (χ4n) is 5.69. The molecule has 2 saturated carbocycles. The molecule has 0 amide bonds. The number of ether oxygens (including phenoxy) is 1. The third-order valence-corrected chi connectivity index (χ3v) is 19.9. The van der Waals surface area contributed by atoms with Crippen molar-refractivity contribution < 1.29 is 23.1 Å². The van der Waals surface area contributed by atoms with E-state index in [1.165, 1.54) is 18.7 Å². The Morgan fingerprint density at radius 1 is 1.12 bits per heavy atom. The predicted octanol–water partition coefficient (Wildman–Crippen LogP) is 5.93. The maximum atomic E-state index is 14.0. The van der Waals surface area contributed by atoms with Gasteiger partial charge in [0.25, 0.3) is 0 Å². The van der Waals surface area contributed by atoms with Crippen LogP contribution in [0.2, 0.25) is 24.1 Å². The molecular formula is C26H43O5PSeSi. The second-order valence-electron chi connectivity index (χ2n) is 11.6. The van der Waals surface area contributed by atoms with Crippen molar-refractivity contribution in [3.63, 3.8) is 0 Å². The molecule has 0 aliphatic heterocycles. The molecule has 0 heterocycles. The molecule has 0 aromatic heterocycles. The van der Waals surface area contributed by atoms with E-state index in [1.807, 2.05) is 6.07 Å². The monoisotopic (exact) mass is 574 g/mol. The number of rotatable bonds is 10. The van der Waals surface area contributed by atoms with Gasteiger partial charge in [0.15, 0.2) is 0 Å². The molecule has 1 aromatic carbocycles. The number of benzene rings is 1. The molecule has 2 fully saturated rings. The van der Waals surface area contributed by atoms with Gasteiger partial charge in [-0.25, -0.2) is 0 Å². The van der Waals surface area contributed by atoms with E-state index in [1.54, 1.807) is 0 Å². The summed E-state index contributed by atoms with van der Waals surface area (Å²) in [5.41, 5.74) is 0. The maximum absolute atomic E-state index is 14.0. The van der Waals surface area contributed by atoms with Crippen LogP contribution < -0.4 is 4.46 Å². The van der Waals surface area contributed by atoms with Crippen molar-refractivity contribution in [1.29, 1.82) is 0 Å². The summed E-state index contributed by atoms with van der Waals surface area (Å²) in [5.74, 6) is 0.883. The molecule has 192 valence electrons. The standard InChI is InChI=1S/C26H43O5PSeSi/c1-18(2)21-15-14-19(3)16-23(21)31-25(27)26(32(28,29-4)30-5)17-22(26)24(34(6,7)8)33-20-12-10-9-11-13-20/h9-13,18-19,21-24H,14-17H2,1-8H3/t19-,21+,22-,23-,24-,26+/m1/s1. The van der Waals surface area contributed by atoms with Gasteiger partial charge in [-0.2, -0.15) is 0 Å². The van der Waals surface area contributed by atoms with E-state index in [9.17, 15) is 9.36 Å². The van der Waals surface area contributed by atoms with E-state index in [4.69, 9.17) is 13.8 Å². The van der Waals surface area contributed by atoms with E-state index >= 15 is 0 Å². The number of esters is 1. The summed E-state index contributed by atoms with van der Waals surface area (Å²) in [6.45, 7) is 13.7. The normalized spacial score (nSPS) is 30.7. The van der Waals surface area contributed by atoms with Crippen LogP contribution in [0.25, 0.3) is 0 Å². The van der Waals surface area contributed by atoms with Crippen LogP contribution in [-0.2, 0) is 23.1 Å². The third-order valence-electron chi connectivity index (χ3n) is 7.75. The first-order chi connectivity index (χ1) is 15.9. The van der Waals surface area contributed by atoms with E-state index in [0.29, 0.717) is 28.6 Å². The molecule has 2 aliphatic rings. The molecule has 8 heteroatoms. The van der Waals surface area contributed by atoms with Crippen molar-refractivity contribution in [3.05, 3.63) is 30.3 Å². The van der Waals surface area contributed by atoms with E-state index in [0.717, 1.165) is 19.3 Å². The molecule has 5 nitrogen and oxygen atoms in total. The first-order valence-corrected chi connectivity index (χ1v) is 19.5. The third kappa shape index (κ3) is 5.60. The quantitative estimate of drug-likeness (QED) is 0.197. The number of hydrogen-bond acceptors (Lipinski definition) is 5. The topological polar surface area (TPSA) is 61.8 Å².